The van der Waals surface area contributed by atoms with Gasteiger partial charge in [-0.25, -0.2) is 0 Å². The van der Waals surface area contributed by atoms with E-state index in [9.17, 15) is 9.59 Å². The number of rotatable bonds is 9. The molecule has 168 valence electrons. The zero-order chi connectivity index (χ0) is 22.3. The number of benzene rings is 1. The standard InChI is InChI=1S/C25H28N2O3S2/c1-30-18-9-7-17(8-10-18)13-14-26-24(28)20-4-2-5-21(20)25(29)27-16-19-11-12-23(32-19)22-6-3-15-31-22/h3,6-12,15,20-21H,2,4-5,13-14,16H2,1H3,(H,26,28)(H,27,29)/t20-,21-/m1/s1. The van der Waals surface area contributed by atoms with Crippen LogP contribution < -0.4 is 15.4 Å². The summed E-state index contributed by atoms with van der Waals surface area (Å²) in [4.78, 5) is 29.2. The third-order valence-electron chi connectivity index (χ3n) is 5.92. The molecule has 4 rings (SSSR count). The SMILES string of the molecule is COc1ccc(CCNC(=O)[C@@H]2CCC[C@H]2C(=O)NCc2ccc(-c3cccs3)s2)cc1. The van der Waals surface area contributed by atoms with Crippen LogP contribution >= 0.6 is 22.7 Å². The lowest BCUT2D eigenvalue weighted by Crippen LogP contribution is -2.40. The Morgan fingerprint density at radius 3 is 2.41 bits per heavy atom. The molecule has 32 heavy (non-hydrogen) atoms. The Balaban J connectivity index is 1.24. The molecule has 2 heterocycles. The molecule has 3 aromatic rings. The maximum Gasteiger partial charge on any atom is 0.224 e. The summed E-state index contributed by atoms with van der Waals surface area (Å²) in [6.45, 7) is 1.08. The second kappa shape index (κ2) is 10.8. The summed E-state index contributed by atoms with van der Waals surface area (Å²) < 4.78 is 5.17. The summed E-state index contributed by atoms with van der Waals surface area (Å²) >= 11 is 3.42. The molecule has 1 aliphatic rings. The summed E-state index contributed by atoms with van der Waals surface area (Å²) in [7, 11) is 1.65. The topological polar surface area (TPSA) is 67.4 Å². The van der Waals surface area contributed by atoms with Crippen LogP contribution in [0.3, 0.4) is 0 Å². The number of hydrogen-bond acceptors (Lipinski definition) is 5. The van der Waals surface area contributed by atoms with Gasteiger partial charge in [0.2, 0.25) is 11.8 Å². The van der Waals surface area contributed by atoms with Gasteiger partial charge in [0.05, 0.1) is 13.7 Å². The Labute approximate surface area is 196 Å². The Hall–Kier alpha value is -2.64. The van der Waals surface area contributed by atoms with Gasteiger partial charge < -0.3 is 15.4 Å². The molecule has 0 spiro atoms. The molecule has 2 aromatic heterocycles. The van der Waals surface area contributed by atoms with Crippen LogP contribution in [0.25, 0.3) is 9.75 Å². The van der Waals surface area contributed by atoms with Crippen LogP contribution in [0, 0.1) is 11.8 Å². The third kappa shape index (κ3) is 5.58. The van der Waals surface area contributed by atoms with Crippen molar-refractivity contribution < 1.29 is 14.3 Å². The normalized spacial score (nSPS) is 17.8. The van der Waals surface area contributed by atoms with E-state index in [0.29, 0.717) is 13.1 Å². The first-order chi connectivity index (χ1) is 15.6. The number of amides is 2. The average Bonchev–Trinajstić information content (AvgIpc) is 3.59. The molecule has 0 saturated heterocycles. The van der Waals surface area contributed by atoms with Crippen molar-refractivity contribution in [2.45, 2.75) is 32.2 Å². The number of hydrogen-bond donors (Lipinski definition) is 2. The van der Waals surface area contributed by atoms with E-state index in [1.54, 1.807) is 29.8 Å². The average molecular weight is 469 g/mol. The number of carbonyl (C=O) groups is 2. The van der Waals surface area contributed by atoms with Crippen LogP contribution in [0.4, 0.5) is 0 Å². The van der Waals surface area contributed by atoms with Gasteiger partial charge in [-0.1, -0.05) is 24.6 Å². The highest BCUT2D eigenvalue weighted by atomic mass is 32.1. The van der Waals surface area contributed by atoms with E-state index in [1.807, 2.05) is 30.3 Å². The highest BCUT2D eigenvalue weighted by molar-refractivity contribution is 7.21. The minimum atomic E-state index is -0.243. The number of nitrogens with one attached hydrogen (secondary N) is 2. The minimum absolute atomic E-state index is 0.00716. The van der Waals surface area contributed by atoms with E-state index in [1.165, 1.54) is 9.75 Å². The fourth-order valence-corrected chi connectivity index (χ4v) is 5.95. The fourth-order valence-electron chi connectivity index (χ4n) is 4.17. The third-order valence-corrected chi connectivity index (χ3v) is 8.07. The zero-order valence-corrected chi connectivity index (χ0v) is 19.8. The van der Waals surface area contributed by atoms with Gasteiger partial charge in [-0.05, 0) is 60.5 Å². The smallest absolute Gasteiger partial charge is 0.224 e. The zero-order valence-electron chi connectivity index (χ0n) is 18.1. The van der Waals surface area contributed by atoms with Crippen molar-refractivity contribution >= 4 is 34.5 Å². The van der Waals surface area contributed by atoms with E-state index < -0.39 is 0 Å². The maximum absolute atomic E-state index is 12.8. The lowest BCUT2D eigenvalue weighted by molar-refractivity contribution is -0.133. The molecule has 7 heteroatoms. The molecule has 1 aliphatic carbocycles. The van der Waals surface area contributed by atoms with Gasteiger partial charge in [-0.15, -0.1) is 22.7 Å². The largest absolute Gasteiger partial charge is 0.497 e. The van der Waals surface area contributed by atoms with Crippen molar-refractivity contribution in [1.82, 2.24) is 10.6 Å². The Kier molecular flexibility index (Phi) is 7.60. The Morgan fingerprint density at radius 1 is 0.969 bits per heavy atom. The van der Waals surface area contributed by atoms with Gasteiger partial charge in [0.15, 0.2) is 0 Å². The van der Waals surface area contributed by atoms with E-state index in [4.69, 9.17) is 4.74 Å². The molecule has 1 saturated carbocycles. The van der Waals surface area contributed by atoms with Crippen molar-refractivity contribution in [3.8, 4) is 15.5 Å². The Bertz CT molecular complexity index is 1030. The fraction of sp³-hybridized carbons (Fsp3) is 0.360. The van der Waals surface area contributed by atoms with Gasteiger partial charge in [-0.2, -0.15) is 0 Å². The molecule has 5 nitrogen and oxygen atoms in total. The van der Waals surface area contributed by atoms with E-state index >= 15 is 0 Å². The highest BCUT2D eigenvalue weighted by Gasteiger charge is 2.37. The molecule has 2 amide bonds. The van der Waals surface area contributed by atoms with Gasteiger partial charge in [0.25, 0.3) is 0 Å². The first kappa shape index (κ1) is 22.6. The van der Waals surface area contributed by atoms with Crippen molar-refractivity contribution in [3.63, 3.8) is 0 Å². The number of ether oxygens (including phenoxy) is 1. The second-order valence-corrected chi connectivity index (χ2v) is 10.1. The van der Waals surface area contributed by atoms with Crippen LogP contribution in [-0.2, 0) is 22.6 Å². The number of carbonyl (C=O) groups excluding carboxylic acids is 2. The molecule has 2 atom stereocenters. The van der Waals surface area contributed by atoms with Crippen LogP contribution in [0.2, 0.25) is 0 Å². The maximum atomic E-state index is 12.8. The van der Waals surface area contributed by atoms with Crippen LogP contribution in [-0.4, -0.2) is 25.5 Å². The predicted molar refractivity (Wildman–Crippen MR) is 130 cm³/mol. The first-order valence-electron chi connectivity index (χ1n) is 10.9. The van der Waals surface area contributed by atoms with Crippen LogP contribution in [0.5, 0.6) is 5.75 Å². The van der Waals surface area contributed by atoms with Gasteiger partial charge in [0, 0.05) is 33.0 Å². The van der Waals surface area contributed by atoms with E-state index in [-0.39, 0.29) is 23.7 Å². The molecule has 2 N–H and O–H groups in total. The molecule has 1 fully saturated rings. The number of thiophene rings is 2. The summed E-state index contributed by atoms with van der Waals surface area (Å²) in [5.74, 6) is 0.322. The summed E-state index contributed by atoms with van der Waals surface area (Å²) in [5.41, 5.74) is 1.14. The van der Waals surface area contributed by atoms with Gasteiger partial charge in [0.1, 0.15) is 5.75 Å². The highest BCUT2D eigenvalue weighted by Crippen LogP contribution is 2.33. The van der Waals surface area contributed by atoms with E-state index in [2.05, 4.69) is 34.2 Å². The summed E-state index contributed by atoms with van der Waals surface area (Å²) in [5, 5.41) is 8.16. The van der Waals surface area contributed by atoms with Crippen molar-refractivity contribution in [1.29, 1.82) is 0 Å². The molecular weight excluding hydrogens is 440 g/mol. The van der Waals surface area contributed by atoms with Gasteiger partial charge in [-0.3, -0.25) is 9.59 Å². The first-order valence-corrected chi connectivity index (χ1v) is 12.6. The van der Waals surface area contributed by atoms with Gasteiger partial charge >= 0.3 is 0 Å². The van der Waals surface area contributed by atoms with Crippen LogP contribution in [0.15, 0.2) is 53.9 Å². The van der Waals surface area contributed by atoms with Crippen LogP contribution in [0.1, 0.15) is 29.7 Å². The second-order valence-electron chi connectivity index (χ2n) is 7.99. The molecule has 0 aliphatic heterocycles. The molecule has 0 bridgehead atoms. The minimum Gasteiger partial charge on any atom is -0.497 e. The van der Waals surface area contributed by atoms with Crippen molar-refractivity contribution in [2.75, 3.05) is 13.7 Å². The van der Waals surface area contributed by atoms with Crippen molar-refractivity contribution in [3.05, 3.63) is 64.4 Å². The summed E-state index contributed by atoms with van der Waals surface area (Å²) in [6, 6.07) is 16.2. The number of methoxy groups -OCH3 is 1. The Morgan fingerprint density at radius 2 is 1.72 bits per heavy atom. The quantitative estimate of drug-likeness (QED) is 0.471. The monoisotopic (exact) mass is 468 g/mol. The van der Waals surface area contributed by atoms with Crippen molar-refractivity contribution in [2.24, 2.45) is 11.8 Å². The van der Waals surface area contributed by atoms with E-state index in [0.717, 1.165) is 41.9 Å². The predicted octanol–water partition coefficient (Wildman–Crippen LogP) is 4.88. The molecular formula is C25H28N2O3S2. The summed E-state index contributed by atoms with van der Waals surface area (Å²) in [6.07, 6.45) is 3.21. The molecule has 0 radical (unpaired) electrons. The molecule has 1 aromatic carbocycles. The molecule has 0 unspecified atom stereocenters. The lowest BCUT2D eigenvalue weighted by Gasteiger charge is -2.18. The lowest BCUT2D eigenvalue weighted by atomic mass is 9.94.